The van der Waals surface area contributed by atoms with Gasteiger partial charge in [-0.3, -0.25) is 0 Å². The van der Waals surface area contributed by atoms with E-state index in [-0.39, 0.29) is 22.4 Å². The van der Waals surface area contributed by atoms with Crippen LogP contribution in [0.5, 0.6) is 5.75 Å². The number of thiophene rings is 1. The number of sulfonamides is 1. The Morgan fingerprint density at radius 2 is 2.00 bits per heavy atom. The molecule has 0 atom stereocenters. The molecule has 0 radical (unpaired) electrons. The highest BCUT2D eigenvalue weighted by molar-refractivity contribution is 7.92. The molecule has 9 heteroatoms. The molecule has 0 aliphatic heterocycles. The van der Waals surface area contributed by atoms with Gasteiger partial charge in [-0.25, -0.2) is 12.7 Å². The van der Waals surface area contributed by atoms with Gasteiger partial charge in [0.05, 0.1) is 16.9 Å². The highest BCUT2D eigenvalue weighted by Crippen LogP contribution is 2.32. The van der Waals surface area contributed by atoms with Gasteiger partial charge in [-0.05, 0) is 35.7 Å². The Morgan fingerprint density at radius 1 is 1.28 bits per heavy atom. The minimum atomic E-state index is -3.91. The molecule has 0 spiro atoms. The first-order valence-electron chi connectivity index (χ1n) is 7.05. The molecule has 0 amide bonds. The van der Waals surface area contributed by atoms with E-state index >= 15 is 0 Å². The zero-order valence-electron chi connectivity index (χ0n) is 13.3. The van der Waals surface area contributed by atoms with Crippen LogP contribution in [0, 0.1) is 11.3 Å². The lowest BCUT2D eigenvalue weighted by Gasteiger charge is -2.16. The molecular weight excluding hydrogens is 362 g/mol. The molecule has 25 heavy (non-hydrogen) atoms. The summed E-state index contributed by atoms with van der Waals surface area (Å²) in [7, 11) is -1.09. The van der Waals surface area contributed by atoms with Gasteiger partial charge in [0.2, 0.25) is 17.5 Å². The molecule has 0 unspecified atom stereocenters. The Morgan fingerprint density at radius 3 is 2.56 bits per heavy atom. The van der Waals surface area contributed by atoms with Gasteiger partial charge in [-0.15, -0.1) is 11.3 Å². The number of nitriles is 1. The van der Waals surface area contributed by atoms with Crippen LogP contribution in [-0.4, -0.2) is 27.6 Å². The van der Waals surface area contributed by atoms with Crippen molar-refractivity contribution in [3.8, 4) is 22.6 Å². The number of rotatable bonds is 5. The average Bonchev–Trinajstić information content (AvgIpc) is 3.30. The SMILES string of the molecule is COc1ccc(S(=O)(=O)N(C)c2oc(-c3cccs3)nc2C#N)cc1. The minimum Gasteiger partial charge on any atom is -0.497 e. The fourth-order valence-corrected chi connectivity index (χ4v) is 3.91. The predicted octanol–water partition coefficient (Wildman–Crippen LogP) is 3.11. The lowest BCUT2D eigenvalue weighted by molar-refractivity contribution is 0.414. The van der Waals surface area contributed by atoms with E-state index in [1.165, 1.54) is 37.6 Å². The van der Waals surface area contributed by atoms with Crippen LogP contribution >= 0.6 is 11.3 Å². The van der Waals surface area contributed by atoms with Crippen LogP contribution < -0.4 is 9.04 Å². The molecule has 0 bridgehead atoms. The summed E-state index contributed by atoms with van der Waals surface area (Å²) in [6.45, 7) is 0. The first-order chi connectivity index (χ1) is 12.0. The van der Waals surface area contributed by atoms with Crippen molar-refractivity contribution in [2.45, 2.75) is 4.90 Å². The summed E-state index contributed by atoms with van der Waals surface area (Å²) >= 11 is 1.38. The number of hydrogen-bond acceptors (Lipinski definition) is 7. The Kier molecular flexibility index (Phi) is 4.48. The Balaban J connectivity index is 2.01. The van der Waals surface area contributed by atoms with Gasteiger partial charge in [0.15, 0.2) is 0 Å². The summed E-state index contributed by atoms with van der Waals surface area (Å²) < 4.78 is 37.1. The van der Waals surface area contributed by atoms with Crippen molar-refractivity contribution in [1.29, 1.82) is 5.26 Å². The smallest absolute Gasteiger partial charge is 0.266 e. The van der Waals surface area contributed by atoms with Gasteiger partial charge in [0, 0.05) is 7.05 Å². The molecule has 3 rings (SSSR count). The lowest BCUT2D eigenvalue weighted by Crippen LogP contribution is -2.26. The van der Waals surface area contributed by atoms with E-state index in [1.807, 2.05) is 17.5 Å². The number of ether oxygens (including phenoxy) is 1. The quantitative estimate of drug-likeness (QED) is 0.680. The molecule has 0 fully saturated rings. The van der Waals surface area contributed by atoms with Gasteiger partial charge in [0.25, 0.3) is 10.0 Å². The van der Waals surface area contributed by atoms with E-state index in [2.05, 4.69) is 4.98 Å². The van der Waals surface area contributed by atoms with Crippen LogP contribution in [0.15, 0.2) is 51.1 Å². The summed E-state index contributed by atoms with van der Waals surface area (Å²) in [5.41, 5.74) is -0.0945. The van der Waals surface area contributed by atoms with E-state index in [0.717, 1.165) is 4.31 Å². The summed E-state index contributed by atoms with van der Waals surface area (Å²) in [6.07, 6.45) is 0. The first-order valence-corrected chi connectivity index (χ1v) is 9.37. The fourth-order valence-electron chi connectivity index (χ4n) is 2.12. The minimum absolute atomic E-state index is 0.0498. The highest BCUT2D eigenvalue weighted by atomic mass is 32.2. The third kappa shape index (κ3) is 3.09. The molecule has 2 aromatic heterocycles. The molecule has 3 aromatic rings. The monoisotopic (exact) mass is 375 g/mol. The standard InChI is InChI=1S/C16H13N3O4S2/c1-19(25(20,21)12-7-5-11(22-2)6-8-12)16-13(10-17)18-15(23-16)14-4-3-9-24-14/h3-9H,1-2H3. The van der Waals surface area contributed by atoms with Crippen LogP contribution in [0.2, 0.25) is 0 Å². The summed E-state index contributed by atoms with van der Waals surface area (Å²) in [5, 5.41) is 11.1. The third-order valence-corrected chi connectivity index (χ3v) is 6.06. The maximum Gasteiger partial charge on any atom is 0.266 e. The second kappa shape index (κ2) is 6.58. The zero-order chi connectivity index (χ0) is 18.0. The van der Waals surface area contributed by atoms with Crippen molar-refractivity contribution >= 4 is 27.2 Å². The highest BCUT2D eigenvalue weighted by Gasteiger charge is 2.28. The van der Waals surface area contributed by atoms with Crippen molar-refractivity contribution in [3.05, 3.63) is 47.5 Å². The van der Waals surface area contributed by atoms with Crippen LogP contribution in [-0.2, 0) is 10.0 Å². The van der Waals surface area contributed by atoms with Gasteiger partial charge >= 0.3 is 0 Å². The maximum atomic E-state index is 12.8. The van der Waals surface area contributed by atoms with Crippen molar-refractivity contribution < 1.29 is 17.6 Å². The molecule has 2 heterocycles. The topological polar surface area (TPSA) is 96.4 Å². The first kappa shape index (κ1) is 17.0. The van der Waals surface area contributed by atoms with Gasteiger partial charge in [-0.1, -0.05) is 6.07 Å². The number of aromatic nitrogens is 1. The molecule has 1 aromatic carbocycles. The van der Waals surface area contributed by atoms with Gasteiger partial charge < -0.3 is 9.15 Å². The number of hydrogen-bond donors (Lipinski definition) is 0. The van der Waals surface area contributed by atoms with Gasteiger partial charge in [0.1, 0.15) is 11.8 Å². The fraction of sp³-hybridized carbons (Fsp3) is 0.125. The van der Waals surface area contributed by atoms with Crippen LogP contribution in [0.1, 0.15) is 5.69 Å². The second-order valence-corrected chi connectivity index (χ2v) is 7.83. The van der Waals surface area contributed by atoms with E-state index in [1.54, 1.807) is 18.2 Å². The number of oxazole rings is 1. The van der Waals surface area contributed by atoms with Crippen molar-refractivity contribution in [3.63, 3.8) is 0 Å². The van der Waals surface area contributed by atoms with Gasteiger partial charge in [-0.2, -0.15) is 10.2 Å². The largest absolute Gasteiger partial charge is 0.497 e. The Bertz CT molecular complexity index is 1020. The van der Waals surface area contributed by atoms with Crippen molar-refractivity contribution in [2.75, 3.05) is 18.5 Å². The lowest BCUT2D eigenvalue weighted by atomic mass is 10.3. The molecule has 0 saturated carbocycles. The van der Waals surface area contributed by atoms with E-state index < -0.39 is 10.0 Å². The predicted molar refractivity (Wildman–Crippen MR) is 93.1 cm³/mol. The van der Waals surface area contributed by atoms with E-state index in [0.29, 0.717) is 10.6 Å². The second-order valence-electron chi connectivity index (χ2n) is 4.91. The molecule has 0 aliphatic carbocycles. The maximum absolute atomic E-state index is 12.8. The molecule has 0 N–H and O–H groups in total. The summed E-state index contributed by atoms with van der Waals surface area (Å²) in [6, 6.07) is 11.4. The number of methoxy groups -OCH3 is 1. The number of nitrogens with zero attached hydrogens (tertiary/aromatic N) is 3. The van der Waals surface area contributed by atoms with E-state index in [9.17, 15) is 13.7 Å². The average molecular weight is 375 g/mol. The number of benzene rings is 1. The van der Waals surface area contributed by atoms with Crippen molar-refractivity contribution in [2.24, 2.45) is 0 Å². The van der Waals surface area contributed by atoms with Crippen molar-refractivity contribution in [1.82, 2.24) is 4.98 Å². The third-order valence-electron chi connectivity index (χ3n) is 3.45. The molecule has 7 nitrogen and oxygen atoms in total. The molecule has 0 saturated heterocycles. The molecule has 0 aliphatic rings. The summed E-state index contributed by atoms with van der Waals surface area (Å²) in [4.78, 5) is 4.84. The summed E-state index contributed by atoms with van der Waals surface area (Å²) in [5.74, 6) is 0.624. The number of anilines is 1. The molecule has 128 valence electrons. The van der Waals surface area contributed by atoms with E-state index in [4.69, 9.17) is 9.15 Å². The molecular formula is C16H13N3O4S2. The normalized spacial score (nSPS) is 11.1. The van der Waals surface area contributed by atoms with Crippen LogP contribution in [0.4, 0.5) is 5.88 Å². The van der Waals surface area contributed by atoms with Crippen LogP contribution in [0.3, 0.4) is 0 Å². The zero-order valence-corrected chi connectivity index (χ0v) is 15.0. The van der Waals surface area contributed by atoms with Crippen LogP contribution in [0.25, 0.3) is 10.8 Å². The Hall–Kier alpha value is -2.83. The Labute approximate surface area is 148 Å².